The normalized spacial score (nSPS) is 31.0. The molecule has 4 unspecified atom stereocenters. The van der Waals surface area contributed by atoms with E-state index in [1.54, 1.807) is 0 Å². The van der Waals surface area contributed by atoms with Crippen LogP contribution in [0.3, 0.4) is 0 Å². The van der Waals surface area contributed by atoms with E-state index in [1.165, 1.54) is 5.57 Å². The van der Waals surface area contributed by atoms with Crippen molar-refractivity contribution in [3.63, 3.8) is 0 Å². The zero-order valence-electron chi connectivity index (χ0n) is 13.9. The van der Waals surface area contributed by atoms with E-state index in [0.717, 1.165) is 32.6 Å². The molecule has 120 valence electrons. The van der Waals surface area contributed by atoms with Crippen molar-refractivity contribution in [2.24, 2.45) is 5.92 Å². The summed E-state index contributed by atoms with van der Waals surface area (Å²) in [5, 5.41) is 13.5. The molecule has 0 aromatic rings. The smallest absolute Gasteiger partial charge is 0.163 e. The van der Waals surface area contributed by atoms with Crippen molar-refractivity contribution in [3.8, 4) is 0 Å². The third-order valence-corrected chi connectivity index (χ3v) is 4.78. The van der Waals surface area contributed by atoms with Crippen LogP contribution in [0.4, 0.5) is 0 Å². The summed E-state index contributed by atoms with van der Waals surface area (Å²) >= 11 is 0. The third-order valence-electron chi connectivity index (χ3n) is 4.78. The van der Waals surface area contributed by atoms with E-state index in [0.29, 0.717) is 18.0 Å². The Kier molecular flexibility index (Phi) is 5.99. The molecule has 0 saturated carbocycles. The minimum absolute atomic E-state index is 0.354. The van der Waals surface area contributed by atoms with Gasteiger partial charge in [-0.2, -0.15) is 0 Å². The first-order chi connectivity index (χ1) is 10.0. The molecular weight excluding hydrogens is 262 g/mol. The Bertz CT molecular complexity index is 385. The van der Waals surface area contributed by atoms with Crippen LogP contribution in [0.25, 0.3) is 0 Å². The van der Waals surface area contributed by atoms with Gasteiger partial charge in [0.2, 0.25) is 0 Å². The standard InChI is InChI=1S/C17H31N3O/c1-5-15(4)18-17(21)20-10-8-19(9-11-20)16-7-6-13(2)12-14(16)3/h6-7,12,14-18,21H,5,8-11H2,1-4H3. The van der Waals surface area contributed by atoms with Gasteiger partial charge >= 0.3 is 0 Å². The molecule has 4 nitrogen and oxygen atoms in total. The summed E-state index contributed by atoms with van der Waals surface area (Å²) in [5.41, 5.74) is 1.37. The van der Waals surface area contributed by atoms with Crippen molar-refractivity contribution in [3.05, 3.63) is 23.8 Å². The molecule has 2 N–H and O–H groups in total. The summed E-state index contributed by atoms with van der Waals surface area (Å²) < 4.78 is 0. The maximum absolute atomic E-state index is 10.2. The van der Waals surface area contributed by atoms with E-state index in [1.807, 2.05) is 0 Å². The monoisotopic (exact) mass is 293 g/mol. The van der Waals surface area contributed by atoms with E-state index in [4.69, 9.17) is 0 Å². The van der Waals surface area contributed by atoms with Crippen LogP contribution in [-0.4, -0.2) is 59.5 Å². The summed E-state index contributed by atoms with van der Waals surface area (Å²) in [6.07, 6.45) is 7.45. The Balaban J connectivity index is 1.82. The number of rotatable bonds is 5. The van der Waals surface area contributed by atoms with Crippen LogP contribution in [0.2, 0.25) is 0 Å². The fraction of sp³-hybridized carbons (Fsp3) is 0.765. The molecule has 0 spiro atoms. The SMILES string of the molecule is CCC(C)NC(O)N1CCN(C2C=CC(C)=CC2C)CC1. The van der Waals surface area contributed by atoms with Gasteiger partial charge in [-0.3, -0.25) is 15.1 Å². The highest BCUT2D eigenvalue weighted by atomic mass is 16.3. The zero-order chi connectivity index (χ0) is 15.4. The molecule has 4 heteroatoms. The molecule has 2 aliphatic rings. The maximum atomic E-state index is 10.2. The van der Waals surface area contributed by atoms with Crippen LogP contribution < -0.4 is 5.32 Å². The fourth-order valence-electron chi connectivity index (χ4n) is 3.21. The number of allylic oxidation sites excluding steroid dienone is 2. The highest BCUT2D eigenvalue weighted by Gasteiger charge is 2.28. The molecule has 0 amide bonds. The molecule has 0 radical (unpaired) electrons. The zero-order valence-corrected chi connectivity index (χ0v) is 13.9. The van der Waals surface area contributed by atoms with Crippen molar-refractivity contribution in [1.29, 1.82) is 0 Å². The minimum atomic E-state index is -0.511. The van der Waals surface area contributed by atoms with Crippen LogP contribution in [0.15, 0.2) is 23.8 Å². The molecule has 0 aromatic heterocycles. The first-order valence-corrected chi connectivity index (χ1v) is 8.30. The van der Waals surface area contributed by atoms with Crippen LogP contribution in [0.1, 0.15) is 34.1 Å². The molecule has 2 rings (SSSR count). The van der Waals surface area contributed by atoms with Crippen LogP contribution in [-0.2, 0) is 0 Å². The van der Waals surface area contributed by atoms with E-state index in [2.05, 4.69) is 61.0 Å². The molecule has 1 fully saturated rings. The van der Waals surface area contributed by atoms with Gasteiger partial charge in [-0.15, -0.1) is 0 Å². The topological polar surface area (TPSA) is 38.7 Å². The lowest BCUT2D eigenvalue weighted by Gasteiger charge is -2.42. The predicted molar refractivity (Wildman–Crippen MR) is 87.9 cm³/mol. The van der Waals surface area contributed by atoms with E-state index >= 15 is 0 Å². The lowest BCUT2D eigenvalue weighted by atomic mass is 9.92. The molecule has 4 atom stereocenters. The van der Waals surface area contributed by atoms with Crippen LogP contribution in [0.5, 0.6) is 0 Å². The number of aliphatic hydroxyl groups is 1. The van der Waals surface area contributed by atoms with Gasteiger partial charge < -0.3 is 5.11 Å². The van der Waals surface area contributed by atoms with Gasteiger partial charge in [0.15, 0.2) is 6.35 Å². The van der Waals surface area contributed by atoms with Crippen LogP contribution >= 0.6 is 0 Å². The number of nitrogens with one attached hydrogen (secondary N) is 1. The highest BCUT2D eigenvalue weighted by Crippen LogP contribution is 2.22. The average Bonchev–Trinajstić information content (AvgIpc) is 2.47. The first-order valence-electron chi connectivity index (χ1n) is 8.30. The summed E-state index contributed by atoms with van der Waals surface area (Å²) in [5.74, 6) is 0.574. The lowest BCUT2D eigenvalue weighted by Crippen LogP contribution is -2.58. The van der Waals surface area contributed by atoms with E-state index in [-0.39, 0.29) is 0 Å². The number of hydrogen-bond acceptors (Lipinski definition) is 4. The largest absolute Gasteiger partial charge is 0.365 e. The van der Waals surface area contributed by atoms with Crippen molar-refractivity contribution in [2.45, 2.75) is 52.6 Å². The quantitative estimate of drug-likeness (QED) is 0.758. The fourth-order valence-corrected chi connectivity index (χ4v) is 3.21. The minimum Gasteiger partial charge on any atom is -0.365 e. The van der Waals surface area contributed by atoms with Crippen molar-refractivity contribution < 1.29 is 5.11 Å². The molecule has 1 heterocycles. The molecule has 0 aromatic carbocycles. The molecule has 21 heavy (non-hydrogen) atoms. The van der Waals surface area contributed by atoms with E-state index in [9.17, 15) is 5.11 Å². The number of piperazine rings is 1. The van der Waals surface area contributed by atoms with Gasteiger partial charge in [0.25, 0.3) is 0 Å². The molecule has 0 bridgehead atoms. The second-order valence-electron chi connectivity index (χ2n) is 6.54. The molecule has 1 saturated heterocycles. The second-order valence-corrected chi connectivity index (χ2v) is 6.54. The Morgan fingerprint density at radius 2 is 2.00 bits per heavy atom. The Morgan fingerprint density at radius 3 is 2.57 bits per heavy atom. The molecule has 1 aliphatic heterocycles. The highest BCUT2D eigenvalue weighted by molar-refractivity contribution is 5.25. The summed E-state index contributed by atoms with van der Waals surface area (Å²) in [4.78, 5) is 4.68. The number of nitrogens with zero attached hydrogens (tertiary/aromatic N) is 2. The Hall–Kier alpha value is -0.680. The number of aliphatic hydroxyl groups excluding tert-OH is 1. The third kappa shape index (κ3) is 4.39. The van der Waals surface area contributed by atoms with Gasteiger partial charge in [0.1, 0.15) is 0 Å². The van der Waals surface area contributed by atoms with Gasteiger partial charge in [0, 0.05) is 38.3 Å². The molecule has 1 aliphatic carbocycles. The number of hydrogen-bond donors (Lipinski definition) is 2. The van der Waals surface area contributed by atoms with Gasteiger partial charge in [-0.25, -0.2) is 0 Å². The summed E-state index contributed by atoms with van der Waals surface area (Å²) in [7, 11) is 0. The van der Waals surface area contributed by atoms with Gasteiger partial charge in [0.05, 0.1) is 0 Å². The van der Waals surface area contributed by atoms with E-state index < -0.39 is 6.35 Å². The van der Waals surface area contributed by atoms with Crippen molar-refractivity contribution in [1.82, 2.24) is 15.1 Å². The van der Waals surface area contributed by atoms with Crippen molar-refractivity contribution in [2.75, 3.05) is 26.2 Å². The first kappa shape index (κ1) is 16.7. The van der Waals surface area contributed by atoms with Crippen LogP contribution in [0, 0.1) is 5.92 Å². The Morgan fingerprint density at radius 1 is 1.33 bits per heavy atom. The average molecular weight is 293 g/mol. The molecular formula is C17H31N3O. The second kappa shape index (κ2) is 7.54. The Labute approximate surface area is 129 Å². The van der Waals surface area contributed by atoms with Gasteiger partial charge in [-0.05, 0) is 26.2 Å². The van der Waals surface area contributed by atoms with Gasteiger partial charge in [-0.1, -0.05) is 37.6 Å². The summed E-state index contributed by atoms with van der Waals surface area (Å²) in [6, 6.07) is 0.864. The maximum Gasteiger partial charge on any atom is 0.163 e. The lowest BCUT2D eigenvalue weighted by molar-refractivity contribution is -0.0565. The predicted octanol–water partition coefficient (Wildman–Crippen LogP) is 1.79. The van der Waals surface area contributed by atoms with Crippen molar-refractivity contribution >= 4 is 0 Å². The summed E-state index contributed by atoms with van der Waals surface area (Å²) in [6.45, 7) is 12.6.